The topological polar surface area (TPSA) is 17.1 Å². The molecule has 0 aliphatic carbocycles. The van der Waals surface area contributed by atoms with Crippen molar-refractivity contribution < 1.29 is 4.79 Å². The highest BCUT2D eigenvalue weighted by Gasteiger charge is 2.09. The fourth-order valence-corrected chi connectivity index (χ4v) is 1.45. The maximum Gasteiger partial charge on any atom is 0.224 e. The minimum absolute atomic E-state index is 0.0802. The van der Waals surface area contributed by atoms with Gasteiger partial charge in [-0.1, -0.05) is 49.7 Å². The molecule has 0 radical (unpaired) electrons. The molecule has 0 spiro atoms. The third-order valence-corrected chi connectivity index (χ3v) is 2.56. The molecule has 84 valence electrons. The van der Waals surface area contributed by atoms with Gasteiger partial charge in [0.05, 0.1) is 0 Å². The van der Waals surface area contributed by atoms with E-state index in [1.54, 1.807) is 0 Å². The average Bonchev–Trinajstić information content (AvgIpc) is 2.21. The molecule has 0 amide bonds. The van der Waals surface area contributed by atoms with Crippen molar-refractivity contribution >= 4 is 16.8 Å². The van der Waals surface area contributed by atoms with E-state index in [0.717, 1.165) is 12.8 Å². The van der Waals surface area contributed by atoms with Crippen molar-refractivity contribution in [2.45, 2.75) is 33.6 Å². The Hall–Kier alpha value is -0.820. The molecule has 15 heavy (non-hydrogen) atoms. The maximum atomic E-state index is 10.4. The van der Waals surface area contributed by atoms with E-state index in [2.05, 4.69) is 19.1 Å². The monoisotopic (exact) mass is 226 g/mol. The molecule has 1 aromatic carbocycles. The van der Waals surface area contributed by atoms with Gasteiger partial charge in [0.2, 0.25) is 5.24 Å². The SMILES string of the molecule is CCC(CC)C(=O)Cl.Cc1ccccc1. The van der Waals surface area contributed by atoms with Crippen LogP contribution in [0.2, 0.25) is 0 Å². The smallest absolute Gasteiger partial charge is 0.224 e. The quantitative estimate of drug-likeness (QED) is 0.707. The molecule has 1 rings (SSSR count). The summed E-state index contributed by atoms with van der Waals surface area (Å²) < 4.78 is 0. The zero-order valence-corrected chi connectivity index (χ0v) is 10.4. The molecule has 1 aromatic rings. The molecule has 0 heterocycles. The van der Waals surface area contributed by atoms with Crippen LogP contribution in [0.15, 0.2) is 30.3 Å². The second kappa shape index (κ2) is 8.49. The molecule has 0 saturated carbocycles. The van der Waals surface area contributed by atoms with E-state index < -0.39 is 0 Å². The van der Waals surface area contributed by atoms with Crippen LogP contribution in [-0.2, 0) is 4.79 Å². The van der Waals surface area contributed by atoms with E-state index in [9.17, 15) is 4.79 Å². The third kappa shape index (κ3) is 7.15. The van der Waals surface area contributed by atoms with E-state index in [0.29, 0.717) is 0 Å². The van der Waals surface area contributed by atoms with Gasteiger partial charge in [-0.2, -0.15) is 0 Å². The Bertz CT molecular complexity index is 265. The molecule has 0 N–H and O–H groups in total. The highest BCUT2D eigenvalue weighted by Crippen LogP contribution is 2.10. The van der Waals surface area contributed by atoms with Gasteiger partial charge in [0.15, 0.2) is 0 Å². The summed E-state index contributed by atoms with van der Waals surface area (Å²) in [6, 6.07) is 10.3. The zero-order valence-electron chi connectivity index (χ0n) is 9.66. The summed E-state index contributed by atoms with van der Waals surface area (Å²) in [5.74, 6) is 0.0802. The lowest BCUT2D eigenvalue weighted by molar-refractivity contribution is -0.115. The lowest BCUT2D eigenvalue weighted by Crippen LogP contribution is -2.04. The molecule has 2 heteroatoms. The number of carbonyl (C=O) groups is 1. The molecule has 0 atom stereocenters. The molecule has 0 fully saturated rings. The van der Waals surface area contributed by atoms with Crippen LogP contribution in [0.3, 0.4) is 0 Å². The summed E-state index contributed by atoms with van der Waals surface area (Å²) in [4.78, 5) is 10.4. The Kier molecular flexibility index (Phi) is 8.02. The molecule has 0 saturated heterocycles. The van der Waals surface area contributed by atoms with Crippen LogP contribution in [0.1, 0.15) is 32.3 Å². The van der Waals surface area contributed by atoms with Crippen LogP contribution in [0.5, 0.6) is 0 Å². The minimum Gasteiger partial charge on any atom is -0.281 e. The lowest BCUT2D eigenvalue weighted by Gasteiger charge is -2.02. The largest absolute Gasteiger partial charge is 0.281 e. The van der Waals surface area contributed by atoms with E-state index in [4.69, 9.17) is 11.6 Å². The van der Waals surface area contributed by atoms with Crippen LogP contribution < -0.4 is 0 Å². The Labute approximate surface area is 97.5 Å². The fraction of sp³-hybridized carbons (Fsp3) is 0.462. The summed E-state index contributed by atoms with van der Waals surface area (Å²) in [6.45, 7) is 6.02. The van der Waals surface area contributed by atoms with Crippen molar-refractivity contribution in [1.82, 2.24) is 0 Å². The highest BCUT2D eigenvalue weighted by atomic mass is 35.5. The number of hydrogen-bond donors (Lipinski definition) is 0. The first-order valence-electron chi connectivity index (χ1n) is 5.32. The van der Waals surface area contributed by atoms with Crippen LogP contribution in [0.25, 0.3) is 0 Å². The predicted molar refractivity (Wildman–Crippen MR) is 66.1 cm³/mol. The number of aryl methyl sites for hydroxylation is 1. The summed E-state index contributed by atoms with van der Waals surface area (Å²) in [5, 5.41) is -0.199. The van der Waals surface area contributed by atoms with Gasteiger partial charge < -0.3 is 0 Å². The Morgan fingerprint density at radius 3 is 1.80 bits per heavy atom. The van der Waals surface area contributed by atoms with Gasteiger partial charge in [-0.05, 0) is 31.4 Å². The van der Waals surface area contributed by atoms with Crippen molar-refractivity contribution in [3.8, 4) is 0 Å². The zero-order chi connectivity index (χ0) is 11.7. The van der Waals surface area contributed by atoms with E-state index in [1.165, 1.54) is 5.56 Å². The van der Waals surface area contributed by atoms with Crippen LogP contribution in [0.4, 0.5) is 0 Å². The molecule has 0 aliphatic heterocycles. The molecule has 1 nitrogen and oxygen atoms in total. The third-order valence-electron chi connectivity index (χ3n) is 2.25. The van der Waals surface area contributed by atoms with Gasteiger partial charge in [-0.15, -0.1) is 0 Å². The standard InChI is InChI=1S/C7H8.C6H11ClO/c1-7-5-3-2-4-6-7;1-3-5(4-2)6(7)8/h2-6H,1H3;5H,3-4H2,1-2H3. The van der Waals surface area contributed by atoms with Crippen LogP contribution in [0, 0.1) is 12.8 Å². The maximum absolute atomic E-state index is 10.4. The number of halogens is 1. The van der Waals surface area contributed by atoms with Gasteiger partial charge in [-0.25, -0.2) is 0 Å². The summed E-state index contributed by atoms with van der Waals surface area (Å²) in [6.07, 6.45) is 1.72. The Balaban J connectivity index is 0.000000262. The van der Waals surface area contributed by atoms with E-state index >= 15 is 0 Å². The van der Waals surface area contributed by atoms with Crippen molar-refractivity contribution in [1.29, 1.82) is 0 Å². The second-order valence-electron chi connectivity index (χ2n) is 3.47. The molecular weight excluding hydrogens is 208 g/mol. The second-order valence-corrected chi connectivity index (χ2v) is 3.84. The number of hydrogen-bond acceptors (Lipinski definition) is 1. The fourth-order valence-electron chi connectivity index (χ4n) is 1.14. The summed E-state index contributed by atoms with van der Waals surface area (Å²) in [7, 11) is 0. The van der Waals surface area contributed by atoms with E-state index in [1.807, 2.05) is 32.0 Å². The predicted octanol–water partition coefficient (Wildman–Crippen LogP) is 4.18. The number of benzene rings is 1. The summed E-state index contributed by atoms with van der Waals surface area (Å²) >= 11 is 5.21. The number of rotatable bonds is 3. The highest BCUT2D eigenvalue weighted by molar-refractivity contribution is 6.63. The Morgan fingerprint density at radius 2 is 1.67 bits per heavy atom. The first-order chi connectivity index (χ1) is 7.11. The van der Waals surface area contributed by atoms with Gasteiger partial charge in [0.1, 0.15) is 0 Å². The van der Waals surface area contributed by atoms with Crippen molar-refractivity contribution in [2.24, 2.45) is 5.92 Å². The van der Waals surface area contributed by atoms with Crippen LogP contribution in [-0.4, -0.2) is 5.24 Å². The van der Waals surface area contributed by atoms with Gasteiger partial charge in [-0.3, -0.25) is 4.79 Å². The molecular formula is C13H19ClO. The Morgan fingerprint density at radius 1 is 1.20 bits per heavy atom. The average molecular weight is 227 g/mol. The normalized spacial score (nSPS) is 9.40. The van der Waals surface area contributed by atoms with Crippen molar-refractivity contribution in [3.63, 3.8) is 0 Å². The first kappa shape index (κ1) is 14.2. The molecule has 0 aliphatic rings. The lowest BCUT2D eigenvalue weighted by atomic mass is 10.1. The number of carbonyl (C=O) groups excluding carboxylic acids is 1. The molecule has 0 aromatic heterocycles. The van der Waals surface area contributed by atoms with E-state index in [-0.39, 0.29) is 11.2 Å². The summed E-state index contributed by atoms with van der Waals surface area (Å²) in [5.41, 5.74) is 1.32. The van der Waals surface area contributed by atoms with Crippen molar-refractivity contribution in [2.75, 3.05) is 0 Å². The minimum atomic E-state index is -0.199. The molecule has 0 unspecified atom stereocenters. The van der Waals surface area contributed by atoms with Gasteiger partial charge >= 0.3 is 0 Å². The van der Waals surface area contributed by atoms with Crippen molar-refractivity contribution in [3.05, 3.63) is 35.9 Å². The van der Waals surface area contributed by atoms with Crippen LogP contribution >= 0.6 is 11.6 Å². The van der Waals surface area contributed by atoms with Gasteiger partial charge in [0, 0.05) is 5.92 Å². The first-order valence-corrected chi connectivity index (χ1v) is 5.70. The van der Waals surface area contributed by atoms with Gasteiger partial charge in [0.25, 0.3) is 0 Å². The molecule has 0 bridgehead atoms.